The molecule has 4 heterocycles. The van der Waals surface area contributed by atoms with Gasteiger partial charge in [0.15, 0.2) is 11.9 Å². The summed E-state index contributed by atoms with van der Waals surface area (Å²) in [7, 11) is 0. The summed E-state index contributed by atoms with van der Waals surface area (Å²) >= 11 is 6.13. The SMILES string of the molecule is O=C1NCC[C@@H]1n1cc(NC(O)c2cnn3cccnc23)c(-c2cc(Cl)ccc2OC(F)F)n1. The smallest absolute Gasteiger partial charge is 0.387 e. The van der Waals surface area contributed by atoms with E-state index in [0.717, 1.165) is 0 Å². The summed E-state index contributed by atoms with van der Waals surface area (Å²) in [6.45, 7) is -2.59. The maximum atomic E-state index is 13.1. The van der Waals surface area contributed by atoms with Gasteiger partial charge in [-0.05, 0) is 30.7 Å². The third kappa shape index (κ3) is 4.13. The van der Waals surface area contributed by atoms with Gasteiger partial charge in [0.1, 0.15) is 17.5 Å². The number of carbonyl (C=O) groups is 1. The van der Waals surface area contributed by atoms with Crippen molar-refractivity contribution >= 4 is 28.8 Å². The molecule has 0 saturated carbocycles. The molecule has 1 aromatic carbocycles. The van der Waals surface area contributed by atoms with Crippen LogP contribution >= 0.6 is 11.6 Å². The maximum absolute atomic E-state index is 13.1. The Morgan fingerprint density at radius 1 is 1.35 bits per heavy atom. The molecular formula is C21H18ClF2N7O3. The topological polar surface area (TPSA) is 119 Å². The Kier molecular flexibility index (Phi) is 5.75. The lowest BCUT2D eigenvalue weighted by atomic mass is 10.1. The summed E-state index contributed by atoms with van der Waals surface area (Å²) in [6.07, 6.45) is 5.45. The molecule has 3 N–H and O–H groups in total. The second kappa shape index (κ2) is 8.88. The average Bonchev–Trinajstić information content (AvgIpc) is 3.52. The molecule has 34 heavy (non-hydrogen) atoms. The van der Waals surface area contributed by atoms with Crippen LogP contribution in [0.4, 0.5) is 14.5 Å². The van der Waals surface area contributed by atoms with Gasteiger partial charge >= 0.3 is 6.61 Å². The number of alkyl halides is 2. The number of halogens is 3. The number of rotatable bonds is 7. The summed E-state index contributed by atoms with van der Waals surface area (Å²) in [5.41, 5.74) is 1.41. The monoisotopic (exact) mass is 489 g/mol. The first-order valence-corrected chi connectivity index (χ1v) is 10.6. The van der Waals surface area contributed by atoms with Crippen LogP contribution in [0.5, 0.6) is 5.75 Å². The number of amides is 1. The first-order chi connectivity index (χ1) is 16.4. The van der Waals surface area contributed by atoms with Crippen molar-refractivity contribution < 1.29 is 23.4 Å². The Balaban J connectivity index is 1.58. The third-order valence-corrected chi connectivity index (χ3v) is 5.61. The van der Waals surface area contributed by atoms with E-state index in [1.54, 1.807) is 18.5 Å². The van der Waals surface area contributed by atoms with Crippen molar-refractivity contribution in [1.29, 1.82) is 0 Å². The van der Waals surface area contributed by atoms with Gasteiger partial charge in [-0.1, -0.05) is 11.6 Å². The highest BCUT2D eigenvalue weighted by Crippen LogP contribution is 2.39. The zero-order chi connectivity index (χ0) is 23.8. The van der Waals surface area contributed by atoms with E-state index in [2.05, 4.69) is 30.6 Å². The molecule has 176 valence electrons. The quantitative estimate of drug-likeness (QED) is 0.341. The van der Waals surface area contributed by atoms with Crippen LogP contribution in [0.2, 0.25) is 5.02 Å². The minimum atomic E-state index is -3.07. The van der Waals surface area contributed by atoms with Crippen LogP contribution in [0.1, 0.15) is 24.3 Å². The van der Waals surface area contributed by atoms with Gasteiger partial charge in [-0.3, -0.25) is 9.48 Å². The second-order valence-electron chi connectivity index (χ2n) is 7.52. The Morgan fingerprint density at radius 2 is 2.21 bits per heavy atom. The molecule has 0 aliphatic carbocycles. The lowest BCUT2D eigenvalue weighted by molar-refractivity contribution is -0.122. The first-order valence-electron chi connectivity index (χ1n) is 10.2. The van der Waals surface area contributed by atoms with Crippen LogP contribution in [0.25, 0.3) is 16.9 Å². The molecule has 3 aromatic heterocycles. The highest BCUT2D eigenvalue weighted by atomic mass is 35.5. The molecule has 1 fully saturated rings. The van der Waals surface area contributed by atoms with Crippen LogP contribution in [0, 0.1) is 0 Å². The molecule has 0 radical (unpaired) electrons. The van der Waals surface area contributed by atoms with Gasteiger partial charge in [0.05, 0.1) is 17.4 Å². The predicted octanol–water partition coefficient (Wildman–Crippen LogP) is 3.01. The number of aromatic nitrogens is 5. The van der Waals surface area contributed by atoms with Gasteiger partial charge in [-0.2, -0.15) is 19.0 Å². The summed E-state index contributed by atoms with van der Waals surface area (Å²) in [4.78, 5) is 16.5. The Morgan fingerprint density at radius 3 is 2.97 bits per heavy atom. The third-order valence-electron chi connectivity index (χ3n) is 5.38. The number of fused-ring (bicyclic) bond motifs is 1. The number of hydrogen-bond donors (Lipinski definition) is 3. The second-order valence-corrected chi connectivity index (χ2v) is 7.96. The van der Waals surface area contributed by atoms with Crippen molar-refractivity contribution in [3.63, 3.8) is 0 Å². The highest BCUT2D eigenvalue weighted by molar-refractivity contribution is 6.31. The van der Waals surface area contributed by atoms with Crippen molar-refractivity contribution in [2.75, 3.05) is 11.9 Å². The number of ether oxygens (including phenoxy) is 1. The van der Waals surface area contributed by atoms with E-state index in [1.165, 1.54) is 39.8 Å². The summed E-state index contributed by atoms with van der Waals surface area (Å²) in [5.74, 6) is -0.376. The van der Waals surface area contributed by atoms with Gasteiger partial charge < -0.3 is 20.5 Å². The summed E-state index contributed by atoms with van der Waals surface area (Å²) in [6, 6.07) is 5.25. The number of benzene rings is 1. The normalized spacial score (nSPS) is 16.7. The van der Waals surface area contributed by atoms with E-state index in [0.29, 0.717) is 24.2 Å². The molecule has 1 unspecified atom stereocenters. The first kappa shape index (κ1) is 22.0. The van der Waals surface area contributed by atoms with Crippen molar-refractivity contribution in [3.05, 3.63) is 59.6 Å². The van der Waals surface area contributed by atoms with Crippen molar-refractivity contribution in [1.82, 2.24) is 29.7 Å². The van der Waals surface area contributed by atoms with Crippen LogP contribution in [0.15, 0.2) is 49.1 Å². The number of hydrogen-bond acceptors (Lipinski definition) is 7. The molecule has 13 heteroatoms. The number of nitrogens with zero attached hydrogens (tertiary/aromatic N) is 5. The maximum Gasteiger partial charge on any atom is 0.387 e. The molecule has 2 atom stereocenters. The lowest BCUT2D eigenvalue weighted by Crippen LogP contribution is -2.22. The van der Waals surface area contributed by atoms with Crippen molar-refractivity contribution in [3.8, 4) is 17.0 Å². The van der Waals surface area contributed by atoms with E-state index in [4.69, 9.17) is 11.6 Å². The minimum Gasteiger partial charge on any atom is -0.434 e. The minimum absolute atomic E-state index is 0.157. The van der Waals surface area contributed by atoms with E-state index in [1.807, 2.05) is 0 Å². The van der Waals surface area contributed by atoms with Gasteiger partial charge in [-0.15, -0.1) is 0 Å². The van der Waals surface area contributed by atoms with Gasteiger partial charge in [0, 0.05) is 35.7 Å². The number of aliphatic hydroxyl groups is 1. The number of carbonyl (C=O) groups excluding carboxylic acids is 1. The van der Waals surface area contributed by atoms with Gasteiger partial charge in [-0.25, -0.2) is 9.50 Å². The predicted molar refractivity (Wildman–Crippen MR) is 118 cm³/mol. The highest BCUT2D eigenvalue weighted by Gasteiger charge is 2.29. The van der Waals surface area contributed by atoms with E-state index in [-0.39, 0.29) is 33.6 Å². The van der Waals surface area contributed by atoms with Crippen LogP contribution in [-0.4, -0.2) is 48.5 Å². The molecule has 0 spiro atoms. The van der Waals surface area contributed by atoms with Crippen LogP contribution in [0.3, 0.4) is 0 Å². The zero-order valence-corrected chi connectivity index (χ0v) is 18.2. The number of aliphatic hydroxyl groups excluding tert-OH is 1. The summed E-state index contributed by atoms with van der Waals surface area (Å²) in [5, 5.41) is 25.5. The van der Waals surface area contributed by atoms with Crippen LogP contribution in [-0.2, 0) is 4.79 Å². The largest absolute Gasteiger partial charge is 0.434 e. The van der Waals surface area contributed by atoms with E-state index < -0.39 is 18.9 Å². The molecule has 4 aromatic rings. The fourth-order valence-electron chi connectivity index (χ4n) is 3.84. The van der Waals surface area contributed by atoms with Gasteiger partial charge in [0.25, 0.3) is 0 Å². The molecule has 0 bridgehead atoms. The van der Waals surface area contributed by atoms with Gasteiger partial charge in [0.2, 0.25) is 5.91 Å². The molecule has 1 aliphatic heterocycles. The number of anilines is 1. The Hall–Kier alpha value is -3.77. The Bertz CT molecular complexity index is 1360. The molecule has 5 rings (SSSR count). The zero-order valence-electron chi connectivity index (χ0n) is 17.4. The van der Waals surface area contributed by atoms with E-state index in [9.17, 15) is 18.7 Å². The average molecular weight is 490 g/mol. The standard InChI is InChI=1S/C21H18ClF2N7O3/c22-11-2-3-16(34-21(23)24)12(8-11)17-14(10-31(29-17)15-4-6-26-20(15)33)28-19(32)13-9-27-30-7-1-5-25-18(13)30/h1-3,5,7-10,15,19,21,28,32H,4,6H2,(H,26,33)/t15-,19?/m0/s1. The molecule has 1 aliphatic rings. The fourth-order valence-corrected chi connectivity index (χ4v) is 4.01. The molecule has 10 nitrogen and oxygen atoms in total. The fraction of sp³-hybridized carbons (Fsp3) is 0.238. The van der Waals surface area contributed by atoms with Crippen molar-refractivity contribution in [2.45, 2.75) is 25.3 Å². The lowest BCUT2D eigenvalue weighted by Gasteiger charge is -2.14. The van der Waals surface area contributed by atoms with Crippen molar-refractivity contribution in [2.24, 2.45) is 0 Å². The molecule has 1 amide bonds. The molecule has 1 saturated heterocycles. The summed E-state index contributed by atoms with van der Waals surface area (Å²) < 4.78 is 33.7. The van der Waals surface area contributed by atoms with E-state index >= 15 is 0 Å². The molecular weight excluding hydrogens is 472 g/mol. The van der Waals surface area contributed by atoms with Crippen LogP contribution < -0.4 is 15.4 Å². The Labute approximate surface area is 196 Å². The number of nitrogens with one attached hydrogen (secondary N) is 2.